The Hall–Kier alpha value is -2.80. The van der Waals surface area contributed by atoms with Crippen molar-refractivity contribution < 1.29 is 13.9 Å². The highest BCUT2D eigenvalue weighted by Crippen LogP contribution is 2.21. The van der Waals surface area contributed by atoms with E-state index in [0.717, 1.165) is 49.0 Å². The van der Waals surface area contributed by atoms with E-state index in [9.17, 15) is 4.79 Å². The second kappa shape index (κ2) is 9.13. The average molecular weight is 396 g/mol. The van der Waals surface area contributed by atoms with Crippen LogP contribution in [0.3, 0.4) is 0 Å². The Kier molecular flexibility index (Phi) is 6.14. The van der Waals surface area contributed by atoms with Crippen molar-refractivity contribution in [2.45, 2.75) is 25.5 Å². The molecule has 7 heteroatoms. The summed E-state index contributed by atoms with van der Waals surface area (Å²) in [6, 6.07) is 14.0. The molecule has 2 aromatic rings. The Labute approximate surface area is 171 Å². The smallest absolute Gasteiger partial charge is 0.251 e. The summed E-state index contributed by atoms with van der Waals surface area (Å²) in [6.07, 6.45) is 1.58. The Morgan fingerprint density at radius 1 is 1.10 bits per heavy atom. The molecule has 0 saturated carbocycles. The fourth-order valence-corrected chi connectivity index (χ4v) is 3.84. The van der Waals surface area contributed by atoms with Crippen molar-refractivity contribution >= 4 is 11.9 Å². The van der Waals surface area contributed by atoms with Gasteiger partial charge >= 0.3 is 0 Å². The largest absolute Gasteiger partial charge is 0.459 e. The van der Waals surface area contributed by atoms with E-state index in [1.807, 2.05) is 47.4 Å². The number of guanidine groups is 1. The number of piperazine rings is 1. The first kappa shape index (κ1) is 19.5. The van der Waals surface area contributed by atoms with E-state index in [4.69, 9.17) is 9.15 Å². The van der Waals surface area contributed by atoms with Gasteiger partial charge in [0.2, 0.25) is 0 Å². The zero-order valence-electron chi connectivity index (χ0n) is 16.8. The fourth-order valence-electron chi connectivity index (χ4n) is 3.84. The molecule has 2 saturated heterocycles. The number of hydrogen-bond donors (Lipinski definition) is 1. The summed E-state index contributed by atoms with van der Waals surface area (Å²) in [5.74, 6) is 2.68. The highest BCUT2D eigenvalue weighted by atomic mass is 16.5. The molecule has 154 valence electrons. The molecule has 1 aromatic carbocycles. The van der Waals surface area contributed by atoms with Crippen LogP contribution in [0, 0.1) is 0 Å². The first-order valence-corrected chi connectivity index (χ1v) is 10.2. The first-order valence-electron chi connectivity index (χ1n) is 10.2. The van der Waals surface area contributed by atoms with Crippen molar-refractivity contribution in [1.29, 1.82) is 0 Å². The van der Waals surface area contributed by atoms with Crippen LogP contribution in [0.15, 0.2) is 51.9 Å². The SMILES string of the molecule is CN=C(NCc1ccc(-c2ccccc2)o1)N1CCN(C(=O)C2CCCO2)CC1. The van der Waals surface area contributed by atoms with Gasteiger partial charge in [0.15, 0.2) is 5.96 Å². The second-order valence-electron chi connectivity index (χ2n) is 7.35. The summed E-state index contributed by atoms with van der Waals surface area (Å²) in [5, 5.41) is 3.37. The zero-order chi connectivity index (χ0) is 20.1. The zero-order valence-corrected chi connectivity index (χ0v) is 16.8. The lowest BCUT2D eigenvalue weighted by Gasteiger charge is -2.37. The van der Waals surface area contributed by atoms with Crippen LogP contribution in [0.25, 0.3) is 11.3 Å². The Morgan fingerprint density at radius 2 is 1.86 bits per heavy atom. The van der Waals surface area contributed by atoms with E-state index in [0.29, 0.717) is 26.2 Å². The van der Waals surface area contributed by atoms with Gasteiger partial charge in [0.05, 0.1) is 6.54 Å². The highest BCUT2D eigenvalue weighted by Gasteiger charge is 2.30. The number of amides is 1. The van der Waals surface area contributed by atoms with Crippen LogP contribution in [0.1, 0.15) is 18.6 Å². The number of carbonyl (C=O) groups is 1. The third-order valence-corrected chi connectivity index (χ3v) is 5.45. The third kappa shape index (κ3) is 4.62. The standard InChI is InChI=1S/C22H28N4O3/c1-23-22(24-16-18-9-10-19(29-18)17-6-3-2-4-7-17)26-13-11-25(12-14-26)21(27)20-8-5-15-28-20/h2-4,6-7,9-10,20H,5,8,11-16H2,1H3,(H,23,24). The summed E-state index contributed by atoms with van der Waals surface area (Å²) in [5.41, 5.74) is 1.06. The van der Waals surface area contributed by atoms with Gasteiger partial charge in [-0.15, -0.1) is 0 Å². The molecule has 1 unspecified atom stereocenters. The number of rotatable bonds is 4. The van der Waals surface area contributed by atoms with Gasteiger partial charge in [-0.1, -0.05) is 30.3 Å². The second-order valence-corrected chi connectivity index (χ2v) is 7.35. The Bertz CT molecular complexity index is 835. The molecule has 3 heterocycles. The molecular weight excluding hydrogens is 368 g/mol. The van der Waals surface area contributed by atoms with Crippen molar-refractivity contribution in [1.82, 2.24) is 15.1 Å². The molecule has 0 aliphatic carbocycles. The lowest BCUT2D eigenvalue weighted by atomic mass is 10.2. The van der Waals surface area contributed by atoms with Crippen LogP contribution in [0.2, 0.25) is 0 Å². The predicted molar refractivity (Wildman–Crippen MR) is 111 cm³/mol. The van der Waals surface area contributed by atoms with Crippen LogP contribution in [-0.2, 0) is 16.1 Å². The summed E-state index contributed by atoms with van der Waals surface area (Å²) < 4.78 is 11.5. The number of furan rings is 1. The van der Waals surface area contributed by atoms with E-state index in [1.165, 1.54) is 0 Å². The number of carbonyl (C=O) groups excluding carboxylic acids is 1. The molecule has 0 bridgehead atoms. The minimum atomic E-state index is -0.239. The number of nitrogens with one attached hydrogen (secondary N) is 1. The van der Waals surface area contributed by atoms with Gasteiger partial charge in [0, 0.05) is 45.4 Å². The fraction of sp³-hybridized carbons (Fsp3) is 0.455. The number of nitrogens with zero attached hydrogens (tertiary/aromatic N) is 3. The maximum atomic E-state index is 12.5. The van der Waals surface area contributed by atoms with Gasteiger partial charge in [0.1, 0.15) is 17.6 Å². The van der Waals surface area contributed by atoms with Crippen LogP contribution in [0.4, 0.5) is 0 Å². The van der Waals surface area contributed by atoms with Gasteiger partial charge in [-0.2, -0.15) is 0 Å². The van der Waals surface area contributed by atoms with Gasteiger partial charge in [-0.3, -0.25) is 9.79 Å². The highest BCUT2D eigenvalue weighted by molar-refractivity contribution is 5.82. The molecule has 2 aliphatic heterocycles. The molecular formula is C22H28N4O3. The van der Waals surface area contributed by atoms with Crippen LogP contribution in [0.5, 0.6) is 0 Å². The van der Waals surface area contributed by atoms with Gasteiger partial charge in [-0.05, 0) is 25.0 Å². The molecule has 1 N–H and O–H groups in total. The molecule has 2 fully saturated rings. The number of benzene rings is 1. The average Bonchev–Trinajstić information content (AvgIpc) is 3.47. The third-order valence-electron chi connectivity index (χ3n) is 5.45. The monoisotopic (exact) mass is 396 g/mol. The molecule has 0 spiro atoms. The maximum absolute atomic E-state index is 12.5. The van der Waals surface area contributed by atoms with Crippen molar-refractivity contribution in [3.8, 4) is 11.3 Å². The summed E-state index contributed by atoms with van der Waals surface area (Å²) in [4.78, 5) is 21.0. The van der Waals surface area contributed by atoms with Crippen LogP contribution >= 0.6 is 0 Å². The molecule has 4 rings (SSSR count). The number of ether oxygens (including phenoxy) is 1. The van der Waals surface area contributed by atoms with Gasteiger partial charge in [0.25, 0.3) is 5.91 Å². The lowest BCUT2D eigenvalue weighted by Crippen LogP contribution is -2.55. The van der Waals surface area contributed by atoms with Gasteiger partial charge < -0.3 is 24.3 Å². The van der Waals surface area contributed by atoms with Crippen molar-refractivity contribution in [3.63, 3.8) is 0 Å². The molecule has 1 amide bonds. The molecule has 7 nitrogen and oxygen atoms in total. The lowest BCUT2D eigenvalue weighted by molar-refractivity contribution is -0.142. The first-order chi connectivity index (χ1) is 14.2. The summed E-state index contributed by atoms with van der Waals surface area (Å²) >= 11 is 0. The predicted octanol–water partition coefficient (Wildman–Crippen LogP) is 2.35. The molecule has 29 heavy (non-hydrogen) atoms. The van der Waals surface area contributed by atoms with Gasteiger partial charge in [-0.25, -0.2) is 0 Å². The van der Waals surface area contributed by atoms with Crippen molar-refractivity contribution in [3.05, 3.63) is 48.2 Å². The van der Waals surface area contributed by atoms with Crippen LogP contribution in [-0.4, -0.2) is 67.6 Å². The number of aliphatic imine (C=N–C) groups is 1. The minimum Gasteiger partial charge on any atom is -0.459 e. The summed E-state index contributed by atoms with van der Waals surface area (Å²) in [7, 11) is 1.78. The minimum absolute atomic E-state index is 0.133. The topological polar surface area (TPSA) is 70.3 Å². The maximum Gasteiger partial charge on any atom is 0.251 e. The molecule has 0 radical (unpaired) electrons. The Balaban J connectivity index is 1.28. The molecule has 1 aromatic heterocycles. The molecule has 1 atom stereocenters. The van der Waals surface area contributed by atoms with Crippen molar-refractivity contribution in [2.75, 3.05) is 39.8 Å². The van der Waals surface area contributed by atoms with E-state index in [1.54, 1.807) is 7.05 Å². The molecule has 2 aliphatic rings. The summed E-state index contributed by atoms with van der Waals surface area (Å²) in [6.45, 7) is 4.16. The van der Waals surface area contributed by atoms with Crippen LogP contribution < -0.4 is 5.32 Å². The normalized spacial score (nSPS) is 20.2. The number of hydrogen-bond acceptors (Lipinski definition) is 4. The Morgan fingerprint density at radius 3 is 2.55 bits per heavy atom. The van der Waals surface area contributed by atoms with E-state index >= 15 is 0 Å². The van der Waals surface area contributed by atoms with Crippen molar-refractivity contribution in [2.24, 2.45) is 4.99 Å². The van der Waals surface area contributed by atoms with E-state index in [2.05, 4.69) is 15.2 Å². The quantitative estimate of drug-likeness (QED) is 0.635. The van der Waals surface area contributed by atoms with E-state index < -0.39 is 0 Å². The van der Waals surface area contributed by atoms with E-state index in [-0.39, 0.29) is 12.0 Å².